The predicted octanol–water partition coefficient (Wildman–Crippen LogP) is 2.40. The van der Waals surface area contributed by atoms with Crippen molar-refractivity contribution in [3.8, 4) is 0 Å². The van der Waals surface area contributed by atoms with Crippen LogP contribution in [0.2, 0.25) is 0 Å². The van der Waals surface area contributed by atoms with Crippen LogP contribution in [0.25, 0.3) is 0 Å². The van der Waals surface area contributed by atoms with Gasteiger partial charge in [0.2, 0.25) is 0 Å². The van der Waals surface area contributed by atoms with E-state index >= 15 is 0 Å². The average molecular weight is 271 g/mol. The molecule has 0 unspecified atom stereocenters. The molecule has 0 radical (unpaired) electrons. The molecule has 0 atom stereocenters. The Morgan fingerprint density at radius 2 is 1.67 bits per heavy atom. The molecule has 2 heterocycles. The second-order valence-electron chi connectivity index (χ2n) is 5.85. The van der Waals surface area contributed by atoms with Crippen LogP contribution in [-0.4, -0.2) is 43.1 Å². The predicted molar refractivity (Wildman–Crippen MR) is 74.9 cm³/mol. The quantitative estimate of drug-likeness (QED) is 0.854. The first-order valence-corrected chi connectivity index (χ1v) is 8.61. The Kier molecular flexibility index (Phi) is 4.50. The van der Waals surface area contributed by atoms with Crippen LogP contribution in [0.5, 0.6) is 0 Å². The molecule has 1 spiro atoms. The number of hydrogen-bond acceptors (Lipinski definition) is 4. The molecule has 3 fully saturated rings. The monoisotopic (exact) mass is 271 g/mol. The lowest BCUT2D eigenvalue weighted by Gasteiger charge is -2.36. The van der Waals surface area contributed by atoms with E-state index in [1.54, 1.807) is 0 Å². The van der Waals surface area contributed by atoms with Gasteiger partial charge in [-0.05, 0) is 49.7 Å². The average Bonchev–Trinajstić information content (AvgIpc) is 2.88. The van der Waals surface area contributed by atoms with Crippen molar-refractivity contribution in [3.63, 3.8) is 0 Å². The van der Waals surface area contributed by atoms with E-state index in [4.69, 9.17) is 9.47 Å². The van der Waals surface area contributed by atoms with E-state index in [0.29, 0.717) is 6.04 Å². The van der Waals surface area contributed by atoms with Crippen LogP contribution < -0.4 is 5.32 Å². The fourth-order valence-corrected chi connectivity index (χ4v) is 4.54. The molecule has 3 nitrogen and oxygen atoms in total. The molecule has 3 rings (SSSR count). The molecule has 104 valence electrons. The zero-order valence-corrected chi connectivity index (χ0v) is 12.0. The zero-order valence-electron chi connectivity index (χ0n) is 11.2. The Morgan fingerprint density at radius 3 is 2.33 bits per heavy atom. The van der Waals surface area contributed by atoms with E-state index in [1.165, 1.54) is 43.7 Å². The second-order valence-corrected chi connectivity index (χ2v) is 7.07. The third-order valence-corrected chi connectivity index (χ3v) is 5.65. The molecule has 0 bridgehead atoms. The van der Waals surface area contributed by atoms with Gasteiger partial charge in [0, 0.05) is 18.9 Å². The summed E-state index contributed by atoms with van der Waals surface area (Å²) in [4.78, 5) is 0. The van der Waals surface area contributed by atoms with Crippen LogP contribution >= 0.6 is 11.8 Å². The fraction of sp³-hybridized carbons (Fsp3) is 1.00. The molecular weight excluding hydrogens is 246 g/mol. The Labute approximate surface area is 114 Å². The SMILES string of the molecule is C1COC2(CCC(NCC3CCSCC3)CC2)O1. The standard InChI is InChI=1S/C14H25NO2S/c1-5-14(16-7-8-17-14)6-2-13(1)15-11-12-3-9-18-10-4-12/h12-13,15H,1-11H2. The van der Waals surface area contributed by atoms with Gasteiger partial charge in [0.15, 0.2) is 5.79 Å². The van der Waals surface area contributed by atoms with E-state index < -0.39 is 0 Å². The first kappa shape index (κ1) is 13.2. The van der Waals surface area contributed by atoms with Crippen molar-refractivity contribution < 1.29 is 9.47 Å². The Morgan fingerprint density at radius 1 is 1.00 bits per heavy atom. The maximum atomic E-state index is 5.77. The first-order valence-electron chi connectivity index (χ1n) is 7.45. The lowest BCUT2D eigenvalue weighted by molar-refractivity contribution is -0.179. The van der Waals surface area contributed by atoms with E-state index in [0.717, 1.165) is 32.0 Å². The lowest BCUT2D eigenvalue weighted by Crippen LogP contribution is -2.43. The summed E-state index contributed by atoms with van der Waals surface area (Å²) >= 11 is 2.11. The van der Waals surface area contributed by atoms with E-state index in [-0.39, 0.29) is 5.79 Å². The first-order chi connectivity index (χ1) is 8.86. The summed E-state index contributed by atoms with van der Waals surface area (Å²) in [5.74, 6) is 3.45. The van der Waals surface area contributed by atoms with Gasteiger partial charge in [-0.2, -0.15) is 11.8 Å². The molecule has 1 N–H and O–H groups in total. The Balaban J connectivity index is 1.37. The van der Waals surface area contributed by atoms with Gasteiger partial charge in [0.25, 0.3) is 0 Å². The van der Waals surface area contributed by atoms with Crippen molar-refractivity contribution >= 4 is 11.8 Å². The molecule has 0 amide bonds. The van der Waals surface area contributed by atoms with Crippen LogP contribution in [0.4, 0.5) is 0 Å². The molecule has 2 saturated heterocycles. The number of thioether (sulfide) groups is 1. The van der Waals surface area contributed by atoms with Crippen LogP contribution in [0, 0.1) is 5.92 Å². The van der Waals surface area contributed by atoms with Crippen LogP contribution in [0.3, 0.4) is 0 Å². The molecule has 1 aliphatic carbocycles. The third-order valence-electron chi connectivity index (χ3n) is 4.60. The third kappa shape index (κ3) is 3.21. The fourth-order valence-electron chi connectivity index (χ4n) is 3.33. The number of ether oxygens (including phenoxy) is 2. The Bertz CT molecular complexity index is 253. The van der Waals surface area contributed by atoms with Crippen molar-refractivity contribution in [3.05, 3.63) is 0 Å². The maximum Gasteiger partial charge on any atom is 0.168 e. The highest BCUT2D eigenvalue weighted by Gasteiger charge is 2.40. The van der Waals surface area contributed by atoms with Gasteiger partial charge in [-0.3, -0.25) is 0 Å². The van der Waals surface area contributed by atoms with Gasteiger partial charge in [0.1, 0.15) is 0 Å². The molecule has 0 aromatic heterocycles. The molecule has 4 heteroatoms. The van der Waals surface area contributed by atoms with Crippen LogP contribution in [-0.2, 0) is 9.47 Å². The van der Waals surface area contributed by atoms with Crippen molar-refractivity contribution in [1.82, 2.24) is 5.32 Å². The summed E-state index contributed by atoms with van der Waals surface area (Å²) in [5, 5.41) is 3.78. The second kappa shape index (κ2) is 6.12. The molecular formula is C14H25NO2S. The van der Waals surface area contributed by atoms with Gasteiger partial charge >= 0.3 is 0 Å². The van der Waals surface area contributed by atoms with E-state index in [1.807, 2.05) is 0 Å². The maximum absolute atomic E-state index is 5.77. The summed E-state index contributed by atoms with van der Waals surface area (Å²) in [6.07, 6.45) is 7.38. The number of hydrogen-bond donors (Lipinski definition) is 1. The van der Waals surface area contributed by atoms with Gasteiger partial charge in [-0.25, -0.2) is 0 Å². The smallest absolute Gasteiger partial charge is 0.168 e. The normalized spacial score (nSPS) is 30.0. The molecule has 2 aliphatic heterocycles. The topological polar surface area (TPSA) is 30.5 Å². The number of nitrogens with one attached hydrogen (secondary N) is 1. The lowest BCUT2D eigenvalue weighted by atomic mass is 9.89. The zero-order chi connectivity index (χ0) is 12.3. The van der Waals surface area contributed by atoms with E-state index in [2.05, 4.69) is 17.1 Å². The minimum Gasteiger partial charge on any atom is -0.348 e. The largest absolute Gasteiger partial charge is 0.348 e. The summed E-state index contributed by atoms with van der Waals surface area (Å²) in [5.41, 5.74) is 0. The minimum absolute atomic E-state index is 0.195. The van der Waals surface area contributed by atoms with Gasteiger partial charge in [0.05, 0.1) is 13.2 Å². The molecule has 1 saturated carbocycles. The Hall–Kier alpha value is 0.230. The highest BCUT2D eigenvalue weighted by Crippen LogP contribution is 2.35. The van der Waals surface area contributed by atoms with Gasteiger partial charge in [-0.1, -0.05) is 0 Å². The van der Waals surface area contributed by atoms with Crippen molar-refractivity contribution in [2.75, 3.05) is 31.3 Å². The highest BCUT2D eigenvalue weighted by atomic mass is 32.2. The van der Waals surface area contributed by atoms with Crippen molar-refractivity contribution in [1.29, 1.82) is 0 Å². The summed E-state index contributed by atoms with van der Waals surface area (Å²) < 4.78 is 11.5. The van der Waals surface area contributed by atoms with Crippen molar-refractivity contribution in [2.45, 2.75) is 50.4 Å². The minimum atomic E-state index is -0.195. The van der Waals surface area contributed by atoms with Crippen LogP contribution in [0.1, 0.15) is 38.5 Å². The summed E-state index contributed by atoms with van der Waals surface area (Å²) in [6.45, 7) is 2.80. The van der Waals surface area contributed by atoms with Gasteiger partial charge < -0.3 is 14.8 Å². The van der Waals surface area contributed by atoms with Crippen molar-refractivity contribution in [2.24, 2.45) is 5.92 Å². The summed E-state index contributed by atoms with van der Waals surface area (Å²) in [7, 11) is 0. The van der Waals surface area contributed by atoms with Crippen LogP contribution in [0.15, 0.2) is 0 Å². The molecule has 0 aromatic carbocycles. The van der Waals surface area contributed by atoms with Gasteiger partial charge in [-0.15, -0.1) is 0 Å². The van der Waals surface area contributed by atoms with E-state index in [9.17, 15) is 0 Å². The number of rotatable bonds is 3. The summed E-state index contributed by atoms with van der Waals surface area (Å²) in [6, 6.07) is 0.693. The molecule has 3 aliphatic rings. The molecule has 18 heavy (non-hydrogen) atoms. The molecule has 0 aromatic rings. The highest BCUT2D eigenvalue weighted by molar-refractivity contribution is 7.99.